The van der Waals surface area contributed by atoms with Crippen LogP contribution in [0.25, 0.3) is 0 Å². The van der Waals surface area contributed by atoms with Crippen molar-refractivity contribution in [3.63, 3.8) is 0 Å². The average molecular weight is 433 g/mol. The summed E-state index contributed by atoms with van der Waals surface area (Å²) >= 11 is 0. The van der Waals surface area contributed by atoms with Crippen LogP contribution in [-0.4, -0.2) is 25.6 Å². The minimum absolute atomic E-state index is 0.0615. The number of carbonyl (C=O) groups excluding carboxylic acids is 2. The molecule has 3 aromatic rings. The van der Waals surface area contributed by atoms with E-state index in [0.717, 1.165) is 28.8 Å². The second kappa shape index (κ2) is 9.51. The van der Waals surface area contributed by atoms with E-state index in [1.165, 1.54) is 12.1 Å². The molecule has 6 nitrogen and oxygen atoms in total. The molecule has 0 bridgehead atoms. The van der Waals surface area contributed by atoms with E-state index in [4.69, 9.17) is 4.74 Å². The number of anilines is 1. The molecule has 0 atom stereocenters. The van der Waals surface area contributed by atoms with Crippen LogP contribution in [0.1, 0.15) is 27.0 Å². The third-order valence-electron chi connectivity index (χ3n) is 5.45. The highest BCUT2D eigenvalue weighted by Crippen LogP contribution is 2.30. The molecule has 1 aliphatic heterocycles. The smallest absolute Gasteiger partial charge is 0.315 e. The number of methoxy groups -OCH3 is 1. The summed E-state index contributed by atoms with van der Waals surface area (Å²) in [6.45, 7) is 1.25. The van der Waals surface area contributed by atoms with Crippen LogP contribution in [0.5, 0.6) is 5.75 Å². The standard InChI is InChI=1S/C25H24FN3O3/c1-32-22-10-6-20(7-11-22)24(30)29-13-12-19-5-2-18(14-23(19)29)16-28-25(31)27-15-17-3-8-21(26)9-4-17/h2-11,14H,12-13,15-16H2,1H3,(H2,27,28,31). The van der Waals surface area contributed by atoms with Gasteiger partial charge in [0, 0.05) is 30.9 Å². The molecular formula is C25H24FN3O3. The first kappa shape index (κ1) is 21.4. The molecule has 0 spiro atoms. The molecule has 0 saturated carbocycles. The minimum Gasteiger partial charge on any atom is -0.497 e. The van der Waals surface area contributed by atoms with Crippen LogP contribution in [0.4, 0.5) is 14.9 Å². The van der Waals surface area contributed by atoms with Gasteiger partial charge in [-0.3, -0.25) is 4.79 Å². The summed E-state index contributed by atoms with van der Waals surface area (Å²) in [6, 6.07) is 18.6. The van der Waals surface area contributed by atoms with E-state index in [9.17, 15) is 14.0 Å². The number of amides is 3. The van der Waals surface area contributed by atoms with Crippen LogP contribution >= 0.6 is 0 Å². The Hall–Kier alpha value is -3.87. The lowest BCUT2D eigenvalue weighted by atomic mass is 10.1. The first-order valence-electron chi connectivity index (χ1n) is 10.4. The Kier molecular flexibility index (Phi) is 6.35. The summed E-state index contributed by atoms with van der Waals surface area (Å²) in [7, 11) is 1.59. The molecule has 0 saturated heterocycles. The molecule has 4 rings (SSSR count). The second-order valence-corrected chi connectivity index (χ2v) is 7.56. The van der Waals surface area contributed by atoms with Gasteiger partial charge in [0.1, 0.15) is 11.6 Å². The van der Waals surface area contributed by atoms with Crippen molar-refractivity contribution in [2.24, 2.45) is 0 Å². The third-order valence-corrected chi connectivity index (χ3v) is 5.45. The third kappa shape index (κ3) is 4.88. The predicted octanol–water partition coefficient (Wildman–Crippen LogP) is 4.04. The van der Waals surface area contributed by atoms with E-state index >= 15 is 0 Å². The van der Waals surface area contributed by atoms with Crippen molar-refractivity contribution in [2.75, 3.05) is 18.6 Å². The molecule has 3 amide bonds. The maximum Gasteiger partial charge on any atom is 0.315 e. The van der Waals surface area contributed by atoms with Gasteiger partial charge in [-0.05, 0) is 65.6 Å². The van der Waals surface area contributed by atoms with Crippen LogP contribution in [0.2, 0.25) is 0 Å². The Balaban J connectivity index is 1.37. The van der Waals surface area contributed by atoms with E-state index in [1.54, 1.807) is 48.4 Å². The van der Waals surface area contributed by atoms with E-state index < -0.39 is 0 Å². The maximum atomic E-state index is 13.0. The highest BCUT2D eigenvalue weighted by atomic mass is 19.1. The first-order chi connectivity index (χ1) is 15.5. The van der Waals surface area contributed by atoms with Crippen LogP contribution < -0.4 is 20.3 Å². The molecule has 0 aliphatic carbocycles. The van der Waals surface area contributed by atoms with Gasteiger partial charge < -0.3 is 20.3 Å². The van der Waals surface area contributed by atoms with Crippen LogP contribution in [-0.2, 0) is 19.5 Å². The Morgan fingerprint density at radius 1 is 0.938 bits per heavy atom. The van der Waals surface area contributed by atoms with Crippen molar-refractivity contribution in [1.29, 1.82) is 0 Å². The Morgan fingerprint density at radius 2 is 1.59 bits per heavy atom. The summed E-state index contributed by atoms with van der Waals surface area (Å²) in [5.41, 5.74) is 4.29. The monoisotopic (exact) mass is 433 g/mol. The maximum absolute atomic E-state index is 13.0. The highest BCUT2D eigenvalue weighted by molar-refractivity contribution is 6.07. The number of ether oxygens (including phenoxy) is 1. The average Bonchev–Trinajstić information content (AvgIpc) is 3.25. The van der Waals surface area contributed by atoms with Crippen molar-refractivity contribution >= 4 is 17.6 Å². The topological polar surface area (TPSA) is 70.7 Å². The van der Waals surface area contributed by atoms with Gasteiger partial charge >= 0.3 is 6.03 Å². The molecule has 3 aromatic carbocycles. The molecule has 1 heterocycles. The number of nitrogens with one attached hydrogen (secondary N) is 2. The molecule has 32 heavy (non-hydrogen) atoms. The lowest BCUT2D eigenvalue weighted by molar-refractivity contribution is 0.0989. The van der Waals surface area contributed by atoms with Gasteiger partial charge in [0.25, 0.3) is 5.91 Å². The second-order valence-electron chi connectivity index (χ2n) is 7.56. The summed E-state index contributed by atoms with van der Waals surface area (Å²) in [4.78, 5) is 26.9. The number of fused-ring (bicyclic) bond motifs is 1. The zero-order valence-corrected chi connectivity index (χ0v) is 17.7. The number of rotatable bonds is 6. The van der Waals surface area contributed by atoms with Crippen LogP contribution in [0.15, 0.2) is 66.7 Å². The fraction of sp³-hybridized carbons (Fsp3) is 0.200. The van der Waals surface area contributed by atoms with Gasteiger partial charge in [0.15, 0.2) is 0 Å². The van der Waals surface area contributed by atoms with Crippen molar-refractivity contribution in [3.8, 4) is 5.75 Å². The molecule has 2 N–H and O–H groups in total. The van der Waals surface area contributed by atoms with E-state index in [-0.39, 0.29) is 17.8 Å². The molecule has 0 aromatic heterocycles. The minimum atomic E-state index is -0.319. The quantitative estimate of drug-likeness (QED) is 0.617. The lowest BCUT2D eigenvalue weighted by Gasteiger charge is -2.18. The molecular weight excluding hydrogens is 409 g/mol. The van der Waals surface area contributed by atoms with E-state index in [2.05, 4.69) is 10.6 Å². The fourth-order valence-electron chi connectivity index (χ4n) is 3.66. The fourth-order valence-corrected chi connectivity index (χ4v) is 3.66. The van der Waals surface area contributed by atoms with E-state index in [0.29, 0.717) is 30.9 Å². The molecule has 0 unspecified atom stereocenters. The van der Waals surface area contributed by atoms with E-state index in [1.807, 2.05) is 18.2 Å². The zero-order valence-electron chi connectivity index (χ0n) is 17.7. The van der Waals surface area contributed by atoms with Gasteiger partial charge in [-0.15, -0.1) is 0 Å². The SMILES string of the molecule is COc1ccc(C(=O)N2CCc3ccc(CNC(=O)NCc4ccc(F)cc4)cc32)cc1. The number of hydrogen-bond donors (Lipinski definition) is 2. The lowest BCUT2D eigenvalue weighted by Crippen LogP contribution is -2.34. The number of nitrogens with zero attached hydrogens (tertiary/aromatic N) is 1. The zero-order chi connectivity index (χ0) is 22.5. The molecule has 1 aliphatic rings. The Bertz CT molecular complexity index is 1110. The number of halogens is 1. The van der Waals surface area contributed by atoms with Crippen molar-refractivity contribution in [1.82, 2.24) is 10.6 Å². The summed E-state index contributed by atoms with van der Waals surface area (Å²) in [5, 5.41) is 5.57. The number of urea groups is 1. The number of carbonyl (C=O) groups is 2. The Morgan fingerprint density at radius 3 is 2.28 bits per heavy atom. The van der Waals surface area contributed by atoms with Crippen LogP contribution in [0, 0.1) is 5.82 Å². The summed E-state index contributed by atoms with van der Waals surface area (Å²) < 4.78 is 18.1. The van der Waals surface area contributed by atoms with Gasteiger partial charge in [-0.25, -0.2) is 9.18 Å². The molecule has 0 radical (unpaired) electrons. The van der Waals surface area contributed by atoms with Gasteiger partial charge in [0.2, 0.25) is 0 Å². The predicted molar refractivity (Wildman–Crippen MR) is 120 cm³/mol. The molecule has 7 heteroatoms. The van der Waals surface area contributed by atoms with Crippen molar-refractivity contribution in [3.05, 3.63) is 94.8 Å². The van der Waals surface area contributed by atoms with Gasteiger partial charge in [-0.2, -0.15) is 0 Å². The first-order valence-corrected chi connectivity index (χ1v) is 10.4. The Labute approximate surface area is 186 Å². The number of benzene rings is 3. The molecule has 164 valence electrons. The van der Waals surface area contributed by atoms with Crippen molar-refractivity contribution < 1.29 is 18.7 Å². The van der Waals surface area contributed by atoms with Gasteiger partial charge in [0.05, 0.1) is 7.11 Å². The van der Waals surface area contributed by atoms with Gasteiger partial charge in [-0.1, -0.05) is 24.3 Å². The number of hydrogen-bond acceptors (Lipinski definition) is 3. The molecule has 0 fully saturated rings. The van der Waals surface area contributed by atoms with Crippen molar-refractivity contribution in [2.45, 2.75) is 19.5 Å². The summed E-state index contributed by atoms with van der Waals surface area (Å²) in [5.74, 6) is 0.331. The summed E-state index contributed by atoms with van der Waals surface area (Å²) in [6.07, 6.45) is 0.795. The highest BCUT2D eigenvalue weighted by Gasteiger charge is 2.25. The normalized spacial score (nSPS) is 12.2. The van der Waals surface area contributed by atoms with Crippen LogP contribution in [0.3, 0.4) is 0 Å². The largest absolute Gasteiger partial charge is 0.497 e.